The van der Waals surface area contributed by atoms with Gasteiger partial charge in [-0.25, -0.2) is 4.79 Å². The Balaban J connectivity index is 2.24. The third kappa shape index (κ3) is 5.76. The quantitative estimate of drug-likeness (QED) is 0.454. The number of Topliss-reactive ketones (excluding diaryl/α,β-unsaturated/α-hetero) is 1. The normalized spacial score (nSPS) is 16.7. The summed E-state index contributed by atoms with van der Waals surface area (Å²) in [7, 11) is 3.78. The Morgan fingerprint density at radius 1 is 1.30 bits per heavy atom. The van der Waals surface area contributed by atoms with Crippen molar-refractivity contribution in [3.63, 3.8) is 0 Å². The van der Waals surface area contributed by atoms with Crippen molar-refractivity contribution in [1.82, 2.24) is 19.6 Å². The molecule has 0 radical (unpaired) electrons. The van der Waals surface area contributed by atoms with Gasteiger partial charge in [0.25, 0.3) is 5.89 Å². The van der Waals surface area contributed by atoms with Gasteiger partial charge >= 0.3 is 5.76 Å². The molecule has 1 heterocycles. The van der Waals surface area contributed by atoms with E-state index in [-0.39, 0.29) is 23.6 Å². The van der Waals surface area contributed by atoms with Crippen molar-refractivity contribution in [3.8, 4) is 0 Å². The Kier molecular flexibility index (Phi) is 7.77. The van der Waals surface area contributed by atoms with E-state index in [0.29, 0.717) is 19.5 Å². The van der Waals surface area contributed by atoms with Gasteiger partial charge in [-0.15, -0.1) is 5.10 Å². The van der Waals surface area contributed by atoms with Crippen LogP contribution in [0.4, 0.5) is 0 Å². The number of aromatic nitrogens is 2. The molecule has 1 saturated carbocycles. The zero-order valence-electron chi connectivity index (χ0n) is 16.9. The minimum atomic E-state index is -0.647. The predicted octanol–water partition coefficient (Wildman–Crippen LogP) is 1.79. The van der Waals surface area contributed by atoms with E-state index in [1.807, 2.05) is 32.8 Å². The van der Waals surface area contributed by atoms with Gasteiger partial charge in [0.05, 0.1) is 6.54 Å². The number of nitrogens with zero attached hydrogens (tertiary/aromatic N) is 4. The molecule has 0 bridgehead atoms. The first-order chi connectivity index (χ1) is 12.8. The Labute approximate surface area is 160 Å². The minimum Gasteiger partial charge on any atom is -0.384 e. The summed E-state index contributed by atoms with van der Waals surface area (Å²) < 4.78 is 6.31. The molecule has 1 aromatic heterocycles. The van der Waals surface area contributed by atoms with Crippen LogP contribution in [-0.4, -0.2) is 64.5 Å². The SMILES string of the molecule is CC(C)C[C@@H](C(=O)c1nn(CCN(C)C)c(=O)o1)N(C=O)C1CCCCC1. The summed E-state index contributed by atoms with van der Waals surface area (Å²) >= 11 is 0. The van der Waals surface area contributed by atoms with Crippen molar-refractivity contribution in [1.29, 1.82) is 0 Å². The lowest BCUT2D eigenvalue weighted by Crippen LogP contribution is -2.48. The number of ketones is 1. The zero-order valence-corrected chi connectivity index (χ0v) is 16.9. The van der Waals surface area contributed by atoms with Gasteiger partial charge < -0.3 is 14.2 Å². The van der Waals surface area contributed by atoms with Crippen molar-refractivity contribution in [2.75, 3.05) is 20.6 Å². The van der Waals surface area contributed by atoms with Crippen molar-refractivity contribution < 1.29 is 14.0 Å². The standard InChI is InChI=1S/C19H32N4O4/c1-14(2)12-16(22(13-24)15-8-6-5-7-9-15)17(25)18-20-23(19(26)27-18)11-10-21(3)4/h13-16H,5-12H2,1-4H3/t16-/m0/s1. The maximum Gasteiger partial charge on any atom is 0.437 e. The van der Waals surface area contributed by atoms with Crippen LogP contribution in [0.25, 0.3) is 0 Å². The van der Waals surface area contributed by atoms with Crippen molar-refractivity contribution in [2.45, 2.75) is 71.0 Å². The highest BCUT2D eigenvalue weighted by atomic mass is 16.4. The van der Waals surface area contributed by atoms with Crippen LogP contribution in [0.1, 0.15) is 63.1 Å². The van der Waals surface area contributed by atoms with Gasteiger partial charge in [-0.3, -0.25) is 9.59 Å². The molecule has 2 rings (SSSR count). The molecular formula is C19H32N4O4. The van der Waals surface area contributed by atoms with Crippen LogP contribution >= 0.6 is 0 Å². The maximum atomic E-state index is 13.1. The van der Waals surface area contributed by atoms with Gasteiger partial charge in [0.15, 0.2) is 0 Å². The lowest BCUT2D eigenvalue weighted by atomic mass is 9.91. The monoisotopic (exact) mass is 380 g/mol. The number of hydrogen-bond acceptors (Lipinski definition) is 6. The molecule has 8 heteroatoms. The molecule has 0 saturated heterocycles. The van der Waals surface area contributed by atoms with Crippen molar-refractivity contribution in [3.05, 3.63) is 16.4 Å². The summed E-state index contributed by atoms with van der Waals surface area (Å²) in [6, 6.07) is -0.586. The van der Waals surface area contributed by atoms with Crippen LogP contribution in [0.15, 0.2) is 9.21 Å². The summed E-state index contributed by atoms with van der Waals surface area (Å²) in [6.07, 6.45) is 6.39. The average molecular weight is 380 g/mol. The number of rotatable bonds is 10. The second-order valence-corrected chi connectivity index (χ2v) is 8.05. The number of hydrogen-bond donors (Lipinski definition) is 0. The minimum absolute atomic E-state index is 0.0616. The topological polar surface area (TPSA) is 88.7 Å². The molecule has 27 heavy (non-hydrogen) atoms. The van der Waals surface area contributed by atoms with E-state index in [1.54, 1.807) is 4.90 Å². The molecule has 1 aliphatic carbocycles. The van der Waals surface area contributed by atoms with Gasteiger partial charge in [0.2, 0.25) is 12.2 Å². The second kappa shape index (κ2) is 9.82. The Morgan fingerprint density at radius 2 is 1.96 bits per heavy atom. The van der Waals surface area contributed by atoms with E-state index in [4.69, 9.17) is 4.42 Å². The predicted molar refractivity (Wildman–Crippen MR) is 102 cm³/mol. The molecule has 152 valence electrons. The Hall–Kier alpha value is -1.96. The molecule has 1 aromatic rings. The van der Waals surface area contributed by atoms with Gasteiger partial charge in [-0.05, 0) is 39.3 Å². The third-order valence-corrected chi connectivity index (χ3v) is 5.05. The summed E-state index contributed by atoms with van der Waals surface area (Å²) in [6.45, 7) is 4.97. The molecular weight excluding hydrogens is 348 g/mol. The first kappa shape index (κ1) is 21.3. The van der Waals surface area contributed by atoms with E-state index in [0.717, 1.165) is 38.5 Å². The average Bonchev–Trinajstić information content (AvgIpc) is 3.00. The van der Waals surface area contributed by atoms with E-state index < -0.39 is 11.8 Å². The molecule has 0 aliphatic heterocycles. The van der Waals surface area contributed by atoms with Crippen LogP contribution in [0.5, 0.6) is 0 Å². The molecule has 1 amide bonds. The fourth-order valence-electron chi connectivity index (χ4n) is 3.59. The molecule has 0 unspecified atom stereocenters. The molecule has 1 fully saturated rings. The van der Waals surface area contributed by atoms with E-state index >= 15 is 0 Å². The summed E-state index contributed by atoms with van der Waals surface area (Å²) in [4.78, 5) is 40.6. The highest BCUT2D eigenvalue weighted by Crippen LogP contribution is 2.26. The number of likely N-dealkylation sites (N-methyl/N-ethyl adjacent to an activating group) is 1. The molecule has 0 spiro atoms. The number of amides is 1. The first-order valence-corrected chi connectivity index (χ1v) is 9.83. The fourth-order valence-corrected chi connectivity index (χ4v) is 3.59. The van der Waals surface area contributed by atoms with E-state index in [1.165, 1.54) is 4.68 Å². The van der Waals surface area contributed by atoms with Crippen LogP contribution in [0.2, 0.25) is 0 Å². The summed E-state index contributed by atoms with van der Waals surface area (Å²) in [5.74, 6) is -1.01. The van der Waals surface area contributed by atoms with Gasteiger partial charge in [-0.2, -0.15) is 4.68 Å². The van der Waals surface area contributed by atoms with Crippen LogP contribution in [0, 0.1) is 5.92 Å². The highest BCUT2D eigenvalue weighted by Gasteiger charge is 2.35. The highest BCUT2D eigenvalue weighted by molar-refractivity contribution is 5.97. The smallest absolute Gasteiger partial charge is 0.384 e. The van der Waals surface area contributed by atoms with Crippen LogP contribution in [0.3, 0.4) is 0 Å². The van der Waals surface area contributed by atoms with Gasteiger partial charge in [-0.1, -0.05) is 33.1 Å². The van der Waals surface area contributed by atoms with Crippen molar-refractivity contribution >= 4 is 12.2 Å². The van der Waals surface area contributed by atoms with Crippen molar-refractivity contribution in [2.24, 2.45) is 5.92 Å². The molecule has 0 aromatic carbocycles. The number of carbonyl (C=O) groups is 2. The zero-order chi connectivity index (χ0) is 20.0. The number of carbonyl (C=O) groups excluding carboxylic acids is 2. The Bertz CT molecular complexity index is 673. The summed E-state index contributed by atoms with van der Waals surface area (Å²) in [5.41, 5.74) is 0. The maximum absolute atomic E-state index is 13.1. The third-order valence-electron chi connectivity index (χ3n) is 5.05. The van der Waals surface area contributed by atoms with Crippen LogP contribution in [-0.2, 0) is 11.3 Å². The fraction of sp³-hybridized carbons (Fsp3) is 0.789. The summed E-state index contributed by atoms with van der Waals surface area (Å²) in [5, 5.41) is 4.09. The second-order valence-electron chi connectivity index (χ2n) is 8.05. The van der Waals surface area contributed by atoms with E-state index in [2.05, 4.69) is 5.10 Å². The van der Waals surface area contributed by atoms with Gasteiger partial charge in [0, 0.05) is 12.6 Å². The molecule has 1 atom stereocenters. The van der Waals surface area contributed by atoms with Gasteiger partial charge in [0.1, 0.15) is 6.04 Å². The largest absolute Gasteiger partial charge is 0.437 e. The lowest BCUT2D eigenvalue weighted by Gasteiger charge is -2.36. The van der Waals surface area contributed by atoms with Crippen LogP contribution < -0.4 is 5.76 Å². The first-order valence-electron chi connectivity index (χ1n) is 9.83. The molecule has 1 aliphatic rings. The molecule has 8 nitrogen and oxygen atoms in total. The Morgan fingerprint density at radius 3 is 2.52 bits per heavy atom. The lowest BCUT2D eigenvalue weighted by molar-refractivity contribution is -0.122. The van der Waals surface area contributed by atoms with E-state index in [9.17, 15) is 14.4 Å². The molecule has 0 N–H and O–H groups in total.